The lowest BCUT2D eigenvalue weighted by atomic mass is 10.3. The van der Waals surface area contributed by atoms with Crippen LogP contribution in [0.1, 0.15) is 6.92 Å². The molecule has 0 amide bonds. The largest absolute Gasteiger partial charge is 0.273 e. The number of rotatable bonds is 2. The number of benzene rings is 1. The van der Waals surface area contributed by atoms with Crippen molar-refractivity contribution in [2.45, 2.75) is 6.92 Å². The van der Waals surface area contributed by atoms with E-state index in [1.54, 1.807) is 6.92 Å². The highest BCUT2D eigenvalue weighted by atomic mass is 19.1. The maximum absolute atomic E-state index is 12.8. The first-order chi connectivity index (χ1) is 5.75. The molecule has 0 unspecified atom stereocenters. The Morgan fingerprint density at radius 1 is 1.33 bits per heavy atom. The molecule has 0 saturated heterocycles. The van der Waals surface area contributed by atoms with Gasteiger partial charge in [0.15, 0.2) is 11.6 Å². The first kappa shape index (κ1) is 8.64. The fraction of sp³-hybridized carbons (Fsp3) is 0.125. The summed E-state index contributed by atoms with van der Waals surface area (Å²) in [6.45, 7) is 1.64. The Morgan fingerprint density at radius 2 is 1.92 bits per heavy atom. The standard InChI is InChI=1S/C8H8F2N2/c1-2-11-12-8-6(9)4-3-5-7(8)10/h2-5,12H,1H3. The van der Waals surface area contributed by atoms with E-state index in [4.69, 9.17) is 0 Å². The lowest BCUT2D eigenvalue weighted by Gasteiger charge is -2.01. The van der Waals surface area contributed by atoms with Crippen LogP contribution < -0.4 is 5.43 Å². The van der Waals surface area contributed by atoms with Crippen LogP contribution in [0.2, 0.25) is 0 Å². The molecule has 0 bridgehead atoms. The first-order valence-electron chi connectivity index (χ1n) is 3.43. The van der Waals surface area contributed by atoms with Gasteiger partial charge in [-0.2, -0.15) is 5.10 Å². The molecule has 1 N–H and O–H groups in total. The van der Waals surface area contributed by atoms with Crippen LogP contribution in [0.15, 0.2) is 23.3 Å². The fourth-order valence-corrected chi connectivity index (χ4v) is 0.734. The monoisotopic (exact) mass is 170 g/mol. The molecule has 0 fully saturated rings. The van der Waals surface area contributed by atoms with E-state index in [-0.39, 0.29) is 5.69 Å². The number of hydrazone groups is 1. The Balaban J connectivity index is 2.96. The lowest BCUT2D eigenvalue weighted by Crippen LogP contribution is -1.95. The third-order valence-electron chi connectivity index (χ3n) is 1.27. The van der Waals surface area contributed by atoms with Crippen molar-refractivity contribution >= 4 is 11.9 Å². The van der Waals surface area contributed by atoms with Gasteiger partial charge in [0, 0.05) is 6.21 Å². The minimum absolute atomic E-state index is 0.226. The van der Waals surface area contributed by atoms with Crippen molar-refractivity contribution in [2.24, 2.45) is 5.10 Å². The zero-order valence-corrected chi connectivity index (χ0v) is 6.51. The maximum Gasteiger partial charge on any atom is 0.151 e. The van der Waals surface area contributed by atoms with Gasteiger partial charge >= 0.3 is 0 Å². The number of hydrogen-bond acceptors (Lipinski definition) is 2. The Morgan fingerprint density at radius 3 is 2.42 bits per heavy atom. The molecule has 0 aliphatic heterocycles. The third kappa shape index (κ3) is 1.78. The van der Waals surface area contributed by atoms with Crippen molar-refractivity contribution in [3.63, 3.8) is 0 Å². The first-order valence-corrected chi connectivity index (χ1v) is 3.43. The van der Waals surface area contributed by atoms with Crippen LogP contribution in [0.25, 0.3) is 0 Å². The molecule has 0 spiro atoms. The quantitative estimate of drug-likeness (QED) is 0.534. The number of nitrogens with zero attached hydrogens (tertiary/aromatic N) is 1. The minimum atomic E-state index is -0.652. The van der Waals surface area contributed by atoms with E-state index in [9.17, 15) is 8.78 Å². The topological polar surface area (TPSA) is 24.4 Å². The van der Waals surface area contributed by atoms with Gasteiger partial charge in [-0.15, -0.1) is 0 Å². The van der Waals surface area contributed by atoms with Gasteiger partial charge in [-0.05, 0) is 19.1 Å². The van der Waals surface area contributed by atoms with Crippen molar-refractivity contribution < 1.29 is 8.78 Å². The zero-order valence-electron chi connectivity index (χ0n) is 6.51. The van der Waals surface area contributed by atoms with E-state index >= 15 is 0 Å². The second kappa shape index (κ2) is 3.80. The Labute approximate surface area is 68.9 Å². The molecule has 0 atom stereocenters. The molecule has 1 aromatic rings. The van der Waals surface area contributed by atoms with Crippen molar-refractivity contribution in [2.75, 3.05) is 5.43 Å². The second-order valence-corrected chi connectivity index (χ2v) is 2.10. The van der Waals surface area contributed by atoms with Crippen LogP contribution in [-0.2, 0) is 0 Å². The summed E-state index contributed by atoms with van der Waals surface area (Å²) in [5, 5.41) is 3.51. The van der Waals surface area contributed by atoms with E-state index in [1.165, 1.54) is 12.3 Å². The van der Waals surface area contributed by atoms with E-state index in [0.717, 1.165) is 12.1 Å². The van der Waals surface area contributed by atoms with Crippen molar-refractivity contribution in [3.05, 3.63) is 29.8 Å². The molecule has 2 nitrogen and oxygen atoms in total. The SMILES string of the molecule is CC=NNc1c(F)cccc1F. The van der Waals surface area contributed by atoms with E-state index in [1.807, 2.05) is 0 Å². The molecule has 0 saturated carbocycles. The van der Waals surface area contributed by atoms with Crippen LogP contribution in [0, 0.1) is 11.6 Å². The molecule has 12 heavy (non-hydrogen) atoms. The summed E-state index contributed by atoms with van der Waals surface area (Å²) in [4.78, 5) is 0. The van der Waals surface area contributed by atoms with Crippen LogP contribution in [0.5, 0.6) is 0 Å². The van der Waals surface area contributed by atoms with E-state index in [2.05, 4.69) is 10.5 Å². The Hall–Kier alpha value is -1.45. The van der Waals surface area contributed by atoms with Crippen LogP contribution in [0.4, 0.5) is 14.5 Å². The number of para-hydroxylation sites is 1. The summed E-state index contributed by atoms with van der Waals surface area (Å²) < 4.78 is 25.6. The molecule has 0 heterocycles. The van der Waals surface area contributed by atoms with Gasteiger partial charge in [0.05, 0.1) is 0 Å². The van der Waals surface area contributed by atoms with Gasteiger partial charge < -0.3 is 0 Å². The van der Waals surface area contributed by atoms with Crippen molar-refractivity contribution in [1.29, 1.82) is 0 Å². The maximum atomic E-state index is 12.8. The van der Waals surface area contributed by atoms with Gasteiger partial charge in [0.1, 0.15) is 5.69 Å². The summed E-state index contributed by atoms with van der Waals surface area (Å²) >= 11 is 0. The van der Waals surface area contributed by atoms with Crippen molar-refractivity contribution in [3.8, 4) is 0 Å². The van der Waals surface area contributed by atoms with Gasteiger partial charge in [0.2, 0.25) is 0 Å². The predicted octanol–water partition coefficient (Wildman–Crippen LogP) is 2.38. The fourth-order valence-electron chi connectivity index (χ4n) is 0.734. The summed E-state index contributed by atoms with van der Waals surface area (Å²) in [7, 11) is 0. The van der Waals surface area contributed by atoms with Gasteiger partial charge in [-0.25, -0.2) is 8.78 Å². The van der Waals surface area contributed by atoms with Crippen LogP contribution in [0.3, 0.4) is 0 Å². The van der Waals surface area contributed by atoms with Crippen molar-refractivity contribution in [1.82, 2.24) is 0 Å². The Bertz CT molecular complexity index is 277. The molecule has 64 valence electrons. The molecule has 0 aliphatic carbocycles. The highest BCUT2D eigenvalue weighted by Gasteiger charge is 2.05. The summed E-state index contributed by atoms with van der Waals surface area (Å²) in [5.74, 6) is -1.30. The molecular formula is C8H8F2N2. The van der Waals surface area contributed by atoms with Gasteiger partial charge in [-0.1, -0.05) is 6.07 Å². The zero-order chi connectivity index (χ0) is 8.97. The highest BCUT2D eigenvalue weighted by Crippen LogP contribution is 2.17. The summed E-state index contributed by atoms with van der Waals surface area (Å²) in [6.07, 6.45) is 1.41. The highest BCUT2D eigenvalue weighted by molar-refractivity contribution is 5.56. The lowest BCUT2D eigenvalue weighted by molar-refractivity contribution is 0.589. The summed E-state index contributed by atoms with van der Waals surface area (Å²) in [5.41, 5.74) is 2.02. The van der Waals surface area contributed by atoms with E-state index < -0.39 is 11.6 Å². The molecule has 0 aliphatic rings. The predicted molar refractivity (Wildman–Crippen MR) is 44.1 cm³/mol. The Kier molecular flexibility index (Phi) is 2.74. The molecule has 1 rings (SSSR count). The molecule has 4 heteroatoms. The number of hydrogen-bond donors (Lipinski definition) is 1. The summed E-state index contributed by atoms with van der Waals surface area (Å²) in [6, 6.07) is 3.62. The number of halogens is 2. The molecule has 0 aromatic heterocycles. The van der Waals surface area contributed by atoms with Crippen LogP contribution in [-0.4, -0.2) is 6.21 Å². The third-order valence-corrected chi connectivity index (χ3v) is 1.27. The van der Waals surface area contributed by atoms with Gasteiger partial charge in [0.25, 0.3) is 0 Å². The molecular weight excluding hydrogens is 162 g/mol. The normalized spacial score (nSPS) is 10.6. The average molecular weight is 170 g/mol. The molecule has 1 aromatic carbocycles. The average Bonchev–Trinajstić information content (AvgIpc) is 2.04. The van der Waals surface area contributed by atoms with Crippen LogP contribution >= 0.6 is 0 Å². The molecule has 0 radical (unpaired) electrons. The second-order valence-electron chi connectivity index (χ2n) is 2.10. The number of anilines is 1. The van der Waals surface area contributed by atoms with E-state index in [0.29, 0.717) is 0 Å². The smallest absolute Gasteiger partial charge is 0.151 e. The van der Waals surface area contributed by atoms with Gasteiger partial charge in [-0.3, -0.25) is 5.43 Å². The number of nitrogens with one attached hydrogen (secondary N) is 1. The minimum Gasteiger partial charge on any atom is -0.273 e.